The maximum atomic E-state index is 13.1. The molecule has 2 aromatic carbocycles. The van der Waals surface area contributed by atoms with E-state index in [4.69, 9.17) is 4.74 Å². The topological polar surface area (TPSA) is 51.1 Å². The van der Waals surface area contributed by atoms with Gasteiger partial charge in [-0.2, -0.15) is 13.2 Å². The number of hydrogen-bond donors (Lipinski definition) is 0. The second-order valence-corrected chi connectivity index (χ2v) is 5.41. The van der Waals surface area contributed by atoms with Crippen molar-refractivity contribution in [3.05, 3.63) is 59.7 Å². The smallest absolute Gasteiger partial charge is 0.419 e. The minimum absolute atomic E-state index is 0.130. The molecule has 0 bridgehead atoms. The molecule has 0 saturated heterocycles. The van der Waals surface area contributed by atoms with Crippen LogP contribution in [0.1, 0.15) is 18.1 Å². The fraction of sp³-hybridized carbons (Fsp3) is 0.263. The second-order valence-electron chi connectivity index (χ2n) is 5.41. The van der Waals surface area contributed by atoms with Gasteiger partial charge >= 0.3 is 6.18 Å². The van der Waals surface area contributed by atoms with Crippen LogP contribution in [0.3, 0.4) is 0 Å². The maximum Gasteiger partial charge on any atom is 0.419 e. The lowest BCUT2D eigenvalue weighted by atomic mass is 10.1. The Morgan fingerprint density at radius 2 is 1.81 bits per heavy atom. The van der Waals surface area contributed by atoms with Gasteiger partial charge in [0.05, 0.1) is 11.3 Å². The van der Waals surface area contributed by atoms with Crippen LogP contribution < -0.4 is 9.64 Å². The van der Waals surface area contributed by atoms with Gasteiger partial charge in [-0.05, 0) is 25.1 Å². The first-order chi connectivity index (χ1) is 12.9. The Balaban J connectivity index is 2.27. The zero-order valence-corrected chi connectivity index (χ0v) is 14.9. The van der Waals surface area contributed by atoms with Crippen molar-refractivity contribution >= 4 is 17.8 Å². The predicted octanol–water partition coefficient (Wildman–Crippen LogP) is 4.27. The average molecular weight is 380 g/mol. The van der Waals surface area contributed by atoms with Crippen LogP contribution in [0.4, 0.5) is 18.9 Å². The first-order valence-electron chi connectivity index (χ1n) is 8.13. The SMILES string of the molecule is CCN(C(=O)C=NOC)c1ccccc1COc1ccccc1C(F)(F)F. The first kappa shape index (κ1) is 20.3. The molecule has 2 aromatic rings. The van der Waals surface area contributed by atoms with E-state index in [-0.39, 0.29) is 12.4 Å². The van der Waals surface area contributed by atoms with E-state index in [0.29, 0.717) is 17.8 Å². The zero-order chi connectivity index (χ0) is 19.9. The van der Waals surface area contributed by atoms with E-state index in [0.717, 1.165) is 12.3 Å². The van der Waals surface area contributed by atoms with Gasteiger partial charge in [-0.25, -0.2) is 0 Å². The molecular formula is C19H19F3N2O3. The van der Waals surface area contributed by atoms with Crippen molar-refractivity contribution < 1.29 is 27.5 Å². The van der Waals surface area contributed by atoms with E-state index in [1.165, 1.54) is 30.2 Å². The average Bonchev–Trinajstić information content (AvgIpc) is 2.65. The third-order valence-corrected chi connectivity index (χ3v) is 3.71. The molecule has 0 aromatic heterocycles. The lowest BCUT2D eigenvalue weighted by Gasteiger charge is -2.22. The number of carbonyl (C=O) groups is 1. The Bertz CT molecular complexity index is 807. The summed E-state index contributed by atoms with van der Waals surface area (Å²) < 4.78 is 44.7. The zero-order valence-electron chi connectivity index (χ0n) is 14.9. The van der Waals surface area contributed by atoms with Crippen LogP contribution >= 0.6 is 0 Å². The van der Waals surface area contributed by atoms with Gasteiger partial charge in [-0.15, -0.1) is 0 Å². The highest BCUT2D eigenvalue weighted by Gasteiger charge is 2.34. The van der Waals surface area contributed by atoms with Crippen LogP contribution in [0, 0.1) is 0 Å². The maximum absolute atomic E-state index is 13.1. The number of alkyl halides is 3. The van der Waals surface area contributed by atoms with Crippen molar-refractivity contribution in [2.45, 2.75) is 19.7 Å². The number of halogens is 3. The summed E-state index contributed by atoms with van der Waals surface area (Å²) in [5, 5.41) is 3.46. The number of para-hydroxylation sites is 2. The highest BCUT2D eigenvalue weighted by molar-refractivity contribution is 6.32. The van der Waals surface area contributed by atoms with Crippen molar-refractivity contribution in [2.75, 3.05) is 18.6 Å². The largest absolute Gasteiger partial charge is 0.488 e. The first-order valence-corrected chi connectivity index (χ1v) is 8.13. The van der Waals surface area contributed by atoms with Gasteiger partial charge in [0, 0.05) is 12.1 Å². The Morgan fingerprint density at radius 1 is 1.15 bits per heavy atom. The number of hydrogen-bond acceptors (Lipinski definition) is 4. The van der Waals surface area contributed by atoms with Crippen molar-refractivity contribution in [1.82, 2.24) is 0 Å². The highest BCUT2D eigenvalue weighted by atomic mass is 19.4. The number of ether oxygens (including phenoxy) is 1. The summed E-state index contributed by atoms with van der Waals surface area (Å²) in [5.74, 6) is -0.683. The molecule has 0 aliphatic rings. The van der Waals surface area contributed by atoms with Crippen LogP contribution in [0.25, 0.3) is 0 Å². The Hall–Kier alpha value is -3.03. The van der Waals surface area contributed by atoms with Crippen LogP contribution in [0.5, 0.6) is 5.75 Å². The lowest BCUT2D eigenvalue weighted by Crippen LogP contribution is -2.32. The normalized spacial score (nSPS) is 11.4. The van der Waals surface area contributed by atoms with Gasteiger partial charge < -0.3 is 14.5 Å². The molecule has 0 unspecified atom stereocenters. The Labute approximate surface area is 155 Å². The van der Waals surface area contributed by atoms with Crippen molar-refractivity contribution in [3.63, 3.8) is 0 Å². The Kier molecular flexibility index (Phi) is 6.81. The fourth-order valence-corrected chi connectivity index (χ4v) is 2.49. The van der Waals surface area contributed by atoms with Gasteiger partial charge in [-0.3, -0.25) is 4.79 Å². The van der Waals surface area contributed by atoms with E-state index in [9.17, 15) is 18.0 Å². The molecule has 1 amide bonds. The lowest BCUT2D eigenvalue weighted by molar-refractivity contribution is -0.139. The van der Waals surface area contributed by atoms with Crippen molar-refractivity contribution in [2.24, 2.45) is 5.16 Å². The number of nitrogens with zero attached hydrogens (tertiary/aromatic N) is 2. The molecule has 0 heterocycles. The summed E-state index contributed by atoms with van der Waals surface area (Å²) in [4.78, 5) is 18.2. The number of anilines is 1. The quantitative estimate of drug-likeness (QED) is 0.532. The molecule has 0 aliphatic carbocycles. The summed E-state index contributed by atoms with van der Waals surface area (Å²) in [5.41, 5.74) is 0.241. The molecule has 2 rings (SSSR count). The van der Waals surface area contributed by atoms with Crippen LogP contribution in [-0.2, 0) is 22.4 Å². The second kappa shape index (κ2) is 9.07. The molecule has 0 aliphatic heterocycles. The number of carbonyl (C=O) groups excluding carboxylic acids is 1. The molecule has 0 atom stereocenters. The number of benzene rings is 2. The Morgan fingerprint density at radius 3 is 2.48 bits per heavy atom. The minimum Gasteiger partial charge on any atom is -0.488 e. The van der Waals surface area contributed by atoms with Crippen molar-refractivity contribution in [1.29, 1.82) is 0 Å². The van der Waals surface area contributed by atoms with Crippen LogP contribution in [0.2, 0.25) is 0 Å². The molecule has 0 saturated carbocycles. The third-order valence-electron chi connectivity index (χ3n) is 3.71. The predicted molar refractivity (Wildman–Crippen MR) is 95.7 cm³/mol. The van der Waals surface area contributed by atoms with Gasteiger partial charge in [-0.1, -0.05) is 35.5 Å². The van der Waals surface area contributed by atoms with E-state index in [1.54, 1.807) is 31.2 Å². The molecule has 144 valence electrons. The molecule has 8 heteroatoms. The highest BCUT2D eigenvalue weighted by Crippen LogP contribution is 2.36. The molecule has 5 nitrogen and oxygen atoms in total. The van der Waals surface area contributed by atoms with Crippen LogP contribution in [0.15, 0.2) is 53.7 Å². The van der Waals surface area contributed by atoms with Gasteiger partial charge in [0.2, 0.25) is 0 Å². The van der Waals surface area contributed by atoms with Crippen LogP contribution in [-0.4, -0.2) is 25.8 Å². The molecule has 27 heavy (non-hydrogen) atoms. The summed E-state index contributed by atoms with van der Waals surface area (Å²) >= 11 is 0. The number of oxime groups is 1. The van der Waals surface area contributed by atoms with Gasteiger partial charge in [0.15, 0.2) is 0 Å². The third kappa shape index (κ3) is 5.22. The number of amides is 1. The standard InChI is InChI=1S/C19H19F3N2O3/c1-3-24(18(25)12-23-26-2)16-10-6-4-8-14(16)13-27-17-11-7-5-9-15(17)19(20,21)22/h4-12H,3,13H2,1-2H3. The van der Waals surface area contributed by atoms with E-state index in [2.05, 4.69) is 9.99 Å². The monoisotopic (exact) mass is 380 g/mol. The molecule has 0 radical (unpaired) electrons. The fourth-order valence-electron chi connectivity index (χ4n) is 2.49. The molecule has 0 spiro atoms. The van der Waals surface area contributed by atoms with Crippen molar-refractivity contribution in [3.8, 4) is 5.75 Å². The minimum atomic E-state index is -4.52. The van der Waals surface area contributed by atoms with E-state index in [1.807, 2.05) is 0 Å². The summed E-state index contributed by atoms with van der Waals surface area (Å²) in [6.07, 6.45) is -3.49. The van der Waals surface area contributed by atoms with Gasteiger partial charge in [0.1, 0.15) is 25.7 Å². The molecule has 0 N–H and O–H groups in total. The summed E-state index contributed by atoms with van der Waals surface area (Å²) in [6, 6.07) is 11.8. The molecule has 0 fully saturated rings. The van der Waals surface area contributed by atoms with E-state index >= 15 is 0 Å². The number of rotatable bonds is 7. The summed E-state index contributed by atoms with van der Waals surface area (Å²) in [6.45, 7) is 1.98. The summed E-state index contributed by atoms with van der Waals surface area (Å²) in [7, 11) is 1.32. The molecular weight excluding hydrogens is 361 g/mol. The van der Waals surface area contributed by atoms with E-state index < -0.39 is 17.6 Å². The van der Waals surface area contributed by atoms with Gasteiger partial charge in [0.25, 0.3) is 5.91 Å².